The molecule has 2 aliphatic rings. The first-order chi connectivity index (χ1) is 10.7. The molecule has 1 atom stereocenters. The maximum Gasteiger partial charge on any atom is 0.255 e. The van der Waals surface area contributed by atoms with Crippen LogP contribution in [0.25, 0.3) is 0 Å². The monoisotopic (exact) mass is 296 g/mol. The SMILES string of the molecule is CC1c2cc3c(cc2CCN1C(=O)c1cccnc1)OCO3. The number of ether oxygens (including phenoxy) is 2. The van der Waals surface area contributed by atoms with E-state index in [9.17, 15) is 4.79 Å². The number of nitrogens with zero attached hydrogens (tertiary/aromatic N) is 2. The smallest absolute Gasteiger partial charge is 0.255 e. The lowest BCUT2D eigenvalue weighted by molar-refractivity contribution is 0.0677. The first kappa shape index (κ1) is 13.1. The Balaban J connectivity index is 1.67. The molecule has 0 saturated heterocycles. The van der Waals surface area contributed by atoms with Crippen LogP contribution in [0.1, 0.15) is 34.5 Å². The number of fused-ring (bicyclic) bond motifs is 2. The second kappa shape index (κ2) is 5.02. The number of hydrogen-bond donors (Lipinski definition) is 0. The molecule has 5 nitrogen and oxygen atoms in total. The lowest BCUT2D eigenvalue weighted by Crippen LogP contribution is -2.38. The van der Waals surface area contributed by atoms with Crippen LogP contribution in [0.15, 0.2) is 36.7 Å². The Morgan fingerprint density at radius 2 is 2.14 bits per heavy atom. The van der Waals surface area contributed by atoms with Crippen LogP contribution in [0.3, 0.4) is 0 Å². The van der Waals surface area contributed by atoms with Crippen LogP contribution in [0.2, 0.25) is 0 Å². The molecule has 0 N–H and O–H groups in total. The van der Waals surface area contributed by atoms with Crippen LogP contribution in [-0.4, -0.2) is 29.1 Å². The van der Waals surface area contributed by atoms with E-state index >= 15 is 0 Å². The van der Waals surface area contributed by atoms with Crippen molar-refractivity contribution in [2.24, 2.45) is 0 Å². The summed E-state index contributed by atoms with van der Waals surface area (Å²) in [6.07, 6.45) is 4.11. The Kier molecular flexibility index (Phi) is 2.99. The largest absolute Gasteiger partial charge is 0.454 e. The molecule has 0 aliphatic carbocycles. The molecule has 112 valence electrons. The Morgan fingerprint density at radius 3 is 2.91 bits per heavy atom. The van der Waals surface area contributed by atoms with E-state index in [0.717, 1.165) is 23.5 Å². The van der Waals surface area contributed by atoms with Crippen molar-refractivity contribution in [2.45, 2.75) is 19.4 Å². The molecule has 0 radical (unpaired) electrons. The van der Waals surface area contributed by atoms with E-state index in [-0.39, 0.29) is 18.7 Å². The van der Waals surface area contributed by atoms with Crippen molar-refractivity contribution in [3.8, 4) is 11.5 Å². The molecule has 0 saturated carbocycles. The molecule has 1 amide bonds. The molecule has 1 aromatic carbocycles. The van der Waals surface area contributed by atoms with E-state index in [2.05, 4.69) is 11.9 Å². The van der Waals surface area contributed by atoms with Crippen molar-refractivity contribution in [1.82, 2.24) is 9.88 Å². The molecule has 0 fully saturated rings. The summed E-state index contributed by atoms with van der Waals surface area (Å²) >= 11 is 0. The maximum absolute atomic E-state index is 12.7. The van der Waals surface area contributed by atoms with Crippen molar-refractivity contribution in [3.05, 3.63) is 53.3 Å². The highest BCUT2D eigenvalue weighted by molar-refractivity contribution is 5.94. The third-order valence-electron chi connectivity index (χ3n) is 4.34. The predicted octanol–water partition coefficient (Wildman–Crippen LogP) is 2.57. The third-order valence-corrected chi connectivity index (χ3v) is 4.34. The molecular formula is C17H16N2O3. The number of benzene rings is 1. The standard InChI is InChI=1S/C17H16N2O3/c1-11-14-8-16-15(21-10-22-16)7-12(14)4-6-19(11)17(20)13-3-2-5-18-9-13/h2-3,5,7-9,11H,4,6,10H2,1H3. The average molecular weight is 296 g/mol. The van der Waals surface area contributed by atoms with Gasteiger partial charge in [-0.2, -0.15) is 0 Å². The molecule has 3 heterocycles. The number of aromatic nitrogens is 1. The first-order valence-corrected chi connectivity index (χ1v) is 7.37. The third kappa shape index (κ3) is 2.01. The van der Waals surface area contributed by atoms with Crippen LogP contribution < -0.4 is 9.47 Å². The topological polar surface area (TPSA) is 51.7 Å². The van der Waals surface area contributed by atoms with Crippen LogP contribution in [0, 0.1) is 0 Å². The van der Waals surface area contributed by atoms with Gasteiger partial charge < -0.3 is 14.4 Å². The second-order valence-corrected chi connectivity index (χ2v) is 5.57. The van der Waals surface area contributed by atoms with Gasteiger partial charge in [0.25, 0.3) is 5.91 Å². The van der Waals surface area contributed by atoms with E-state index in [1.165, 1.54) is 5.56 Å². The average Bonchev–Trinajstić information content (AvgIpc) is 3.01. The van der Waals surface area contributed by atoms with E-state index in [1.807, 2.05) is 17.0 Å². The molecule has 2 aromatic rings. The Bertz CT molecular complexity index is 730. The number of amides is 1. The van der Waals surface area contributed by atoms with Gasteiger partial charge in [-0.1, -0.05) is 0 Å². The Hall–Kier alpha value is -2.56. The summed E-state index contributed by atoms with van der Waals surface area (Å²) in [5.41, 5.74) is 2.98. The summed E-state index contributed by atoms with van der Waals surface area (Å²) in [6.45, 7) is 3.01. The minimum atomic E-state index is 0.00551. The molecule has 0 bridgehead atoms. The van der Waals surface area contributed by atoms with Gasteiger partial charge in [-0.25, -0.2) is 0 Å². The zero-order valence-electron chi connectivity index (χ0n) is 12.3. The van der Waals surface area contributed by atoms with E-state index in [4.69, 9.17) is 9.47 Å². The summed E-state index contributed by atoms with van der Waals surface area (Å²) < 4.78 is 10.9. The fourth-order valence-electron chi connectivity index (χ4n) is 3.14. The van der Waals surface area contributed by atoms with Gasteiger partial charge in [0.1, 0.15) is 0 Å². The van der Waals surface area contributed by atoms with Crippen molar-refractivity contribution in [3.63, 3.8) is 0 Å². The van der Waals surface area contributed by atoms with Crippen molar-refractivity contribution in [2.75, 3.05) is 13.3 Å². The van der Waals surface area contributed by atoms with Crippen molar-refractivity contribution < 1.29 is 14.3 Å². The van der Waals surface area contributed by atoms with Gasteiger partial charge in [-0.05, 0) is 48.7 Å². The minimum Gasteiger partial charge on any atom is -0.454 e. The summed E-state index contributed by atoms with van der Waals surface area (Å²) in [6, 6.07) is 7.64. The van der Waals surface area contributed by atoms with Gasteiger partial charge in [0, 0.05) is 18.9 Å². The fraction of sp³-hybridized carbons (Fsp3) is 0.294. The summed E-state index contributed by atoms with van der Waals surface area (Å²) in [5.74, 6) is 1.59. The number of carbonyl (C=O) groups is 1. The highest BCUT2D eigenvalue weighted by atomic mass is 16.7. The maximum atomic E-state index is 12.7. The Labute approximate surface area is 128 Å². The molecule has 0 spiro atoms. The molecule has 1 unspecified atom stereocenters. The van der Waals surface area contributed by atoms with Crippen molar-refractivity contribution >= 4 is 5.91 Å². The van der Waals surface area contributed by atoms with Gasteiger partial charge in [-0.15, -0.1) is 0 Å². The molecule has 2 aliphatic heterocycles. The van der Waals surface area contributed by atoms with Crippen LogP contribution in [0.5, 0.6) is 11.5 Å². The zero-order valence-corrected chi connectivity index (χ0v) is 12.3. The van der Waals surface area contributed by atoms with Crippen molar-refractivity contribution in [1.29, 1.82) is 0 Å². The summed E-state index contributed by atoms with van der Waals surface area (Å²) in [4.78, 5) is 18.6. The Morgan fingerprint density at radius 1 is 1.32 bits per heavy atom. The molecule has 1 aromatic heterocycles. The normalized spacial score (nSPS) is 19.0. The number of hydrogen-bond acceptors (Lipinski definition) is 4. The molecule has 22 heavy (non-hydrogen) atoms. The highest BCUT2D eigenvalue weighted by Crippen LogP contribution is 2.40. The lowest BCUT2D eigenvalue weighted by Gasteiger charge is -2.35. The van der Waals surface area contributed by atoms with Gasteiger partial charge in [-0.3, -0.25) is 9.78 Å². The van der Waals surface area contributed by atoms with Gasteiger partial charge in [0.05, 0.1) is 11.6 Å². The predicted molar refractivity (Wildman–Crippen MR) is 80.0 cm³/mol. The van der Waals surface area contributed by atoms with Gasteiger partial charge in [0.2, 0.25) is 6.79 Å². The number of pyridine rings is 1. The molecular weight excluding hydrogens is 280 g/mol. The molecule has 5 heteroatoms. The molecule has 4 rings (SSSR count). The quantitative estimate of drug-likeness (QED) is 0.811. The number of carbonyl (C=O) groups excluding carboxylic acids is 1. The van der Waals surface area contributed by atoms with E-state index < -0.39 is 0 Å². The zero-order chi connectivity index (χ0) is 15.1. The van der Waals surface area contributed by atoms with Gasteiger partial charge in [0.15, 0.2) is 11.5 Å². The second-order valence-electron chi connectivity index (χ2n) is 5.57. The fourth-order valence-corrected chi connectivity index (χ4v) is 3.14. The lowest BCUT2D eigenvalue weighted by atomic mass is 9.92. The first-order valence-electron chi connectivity index (χ1n) is 7.37. The minimum absolute atomic E-state index is 0.00551. The van der Waals surface area contributed by atoms with Crippen LogP contribution in [-0.2, 0) is 6.42 Å². The van der Waals surface area contributed by atoms with E-state index in [1.54, 1.807) is 24.5 Å². The highest BCUT2D eigenvalue weighted by Gasteiger charge is 2.30. The van der Waals surface area contributed by atoms with Crippen LogP contribution in [0.4, 0.5) is 0 Å². The van der Waals surface area contributed by atoms with E-state index in [0.29, 0.717) is 12.1 Å². The van der Waals surface area contributed by atoms with Crippen LogP contribution >= 0.6 is 0 Å². The summed E-state index contributed by atoms with van der Waals surface area (Å²) in [7, 11) is 0. The summed E-state index contributed by atoms with van der Waals surface area (Å²) in [5, 5.41) is 0. The van der Waals surface area contributed by atoms with Gasteiger partial charge >= 0.3 is 0 Å². The number of rotatable bonds is 1.